The summed E-state index contributed by atoms with van der Waals surface area (Å²) in [4.78, 5) is 11.8. The van der Waals surface area contributed by atoms with Crippen molar-refractivity contribution in [3.05, 3.63) is 59.4 Å². The van der Waals surface area contributed by atoms with Crippen LogP contribution in [0.4, 0.5) is 24.5 Å². The molecule has 2 aromatic rings. The first-order chi connectivity index (χ1) is 8.97. The molecule has 0 spiro atoms. The van der Waals surface area contributed by atoms with Gasteiger partial charge in [-0.05, 0) is 30.3 Å². The Morgan fingerprint density at radius 1 is 1.11 bits per heavy atom. The molecule has 0 bridgehead atoms. The second-order valence-electron chi connectivity index (χ2n) is 3.83. The molecule has 3 nitrogen and oxygen atoms in total. The van der Waals surface area contributed by atoms with E-state index in [0.29, 0.717) is 0 Å². The van der Waals surface area contributed by atoms with Crippen LogP contribution in [0.2, 0.25) is 0 Å². The number of nitrogen functional groups attached to an aromatic ring is 1. The van der Waals surface area contributed by atoms with Crippen molar-refractivity contribution in [2.24, 2.45) is 0 Å². The Morgan fingerprint density at radius 2 is 1.84 bits per heavy atom. The van der Waals surface area contributed by atoms with Crippen LogP contribution in [0.3, 0.4) is 0 Å². The molecule has 2 aromatic carbocycles. The van der Waals surface area contributed by atoms with E-state index in [0.717, 1.165) is 18.2 Å². The average molecular weight is 266 g/mol. The number of halogens is 3. The third-order valence-corrected chi connectivity index (χ3v) is 2.38. The number of nitrogens with two attached hydrogens (primary N) is 1. The van der Waals surface area contributed by atoms with Gasteiger partial charge >= 0.3 is 0 Å². The Balaban J connectivity index is 2.28. The van der Waals surface area contributed by atoms with Gasteiger partial charge in [-0.15, -0.1) is 0 Å². The Kier molecular flexibility index (Phi) is 3.41. The van der Waals surface area contributed by atoms with E-state index in [4.69, 9.17) is 5.73 Å². The van der Waals surface area contributed by atoms with Gasteiger partial charge in [0.15, 0.2) is 11.6 Å². The standard InChI is InChI=1S/C13H9F3N2O/c14-8-4-7(5-9(17)6-8)13(19)18-11-3-1-2-10(15)12(11)16/h1-6H,17H2,(H,18,19). The first-order valence-electron chi connectivity index (χ1n) is 5.29. The van der Waals surface area contributed by atoms with E-state index >= 15 is 0 Å². The summed E-state index contributed by atoms with van der Waals surface area (Å²) >= 11 is 0. The highest BCUT2D eigenvalue weighted by atomic mass is 19.2. The van der Waals surface area contributed by atoms with Crippen molar-refractivity contribution in [2.75, 3.05) is 11.1 Å². The van der Waals surface area contributed by atoms with Crippen molar-refractivity contribution in [3.63, 3.8) is 0 Å². The molecule has 0 saturated carbocycles. The van der Waals surface area contributed by atoms with E-state index in [-0.39, 0.29) is 16.9 Å². The van der Waals surface area contributed by atoms with Gasteiger partial charge in [0.2, 0.25) is 0 Å². The maximum Gasteiger partial charge on any atom is 0.255 e. The fourth-order valence-corrected chi connectivity index (χ4v) is 1.54. The summed E-state index contributed by atoms with van der Waals surface area (Å²) in [6.45, 7) is 0. The fourth-order valence-electron chi connectivity index (χ4n) is 1.54. The highest BCUT2D eigenvalue weighted by Gasteiger charge is 2.13. The molecule has 0 radical (unpaired) electrons. The summed E-state index contributed by atoms with van der Waals surface area (Å²) in [5, 5.41) is 2.15. The predicted octanol–water partition coefficient (Wildman–Crippen LogP) is 2.94. The molecule has 6 heteroatoms. The van der Waals surface area contributed by atoms with Crippen molar-refractivity contribution in [3.8, 4) is 0 Å². The molecule has 0 aliphatic rings. The smallest absolute Gasteiger partial charge is 0.255 e. The summed E-state index contributed by atoms with van der Waals surface area (Å²) in [7, 11) is 0. The molecule has 98 valence electrons. The maximum absolute atomic E-state index is 13.3. The first kappa shape index (κ1) is 12.9. The highest BCUT2D eigenvalue weighted by molar-refractivity contribution is 6.04. The van der Waals surface area contributed by atoms with Crippen LogP contribution in [0.25, 0.3) is 0 Å². The number of carbonyl (C=O) groups excluding carboxylic acids is 1. The molecule has 1 amide bonds. The quantitative estimate of drug-likeness (QED) is 0.821. The molecule has 0 atom stereocenters. The van der Waals surface area contributed by atoms with Gasteiger partial charge in [0.25, 0.3) is 5.91 Å². The summed E-state index contributed by atoms with van der Waals surface area (Å²) in [5.41, 5.74) is 5.04. The number of hydrogen-bond acceptors (Lipinski definition) is 2. The van der Waals surface area contributed by atoms with Crippen LogP contribution in [0.15, 0.2) is 36.4 Å². The molecule has 0 aliphatic carbocycles. The lowest BCUT2D eigenvalue weighted by Gasteiger charge is -2.07. The van der Waals surface area contributed by atoms with E-state index in [2.05, 4.69) is 5.32 Å². The Morgan fingerprint density at radius 3 is 2.53 bits per heavy atom. The average Bonchev–Trinajstić information content (AvgIpc) is 2.33. The number of anilines is 2. The lowest BCUT2D eigenvalue weighted by Crippen LogP contribution is -2.14. The number of carbonyl (C=O) groups is 1. The van der Waals surface area contributed by atoms with Crippen molar-refractivity contribution in [1.82, 2.24) is 0 Å². The van der Waals surface area contributed by atoms with E-state index in [9.17, 15) is 18.0 Å². The topological polar surface area (TPSA) is 55.1 Å². The maximum atomic E-state index is 13.3. The van der Waals surface area contributed by atoms with Gasteiger partial charge in [0.05, 0.1) is 5.69 Å². The van der Waals surface area contributed by atoms with Crippen LogP contribution in [0.5, 0.6) is 0 Å². The number of benzene rings is 2. The predicted molar refractivity (Wildman–Crippen MR) is 65.1 cm³/mol. The molecule has 0 heterocycles. The fraction of sp³-hybridized carbons (Fsp3) is 0. The van der Waals surface area contributed by atoms with Crippen LogP contribution in [0, 0.1) is 17.5 Å². The highest BCUT2D eigenvalue weighted by Crippen LogP contribution is 2.18. The van der Waals surface area contributed by atoms with Gasteiger partial charge in [-0.3, -0.25) is 4.79 Å². The first-order valence-corrected chi connectivity index (χ1v) is 5.29. The molecule has 0 aliphatic heterocycles. The zero-order chi connectivity index (χ0) is 14.0. The van der Waals surface area contributed by atoms with Crippen LogP contribution in [-0.2, 0) is 0 Å². The Hall–Kier alpha value is -2.50. The number of hydrogen-bond donors (Lipinski definition) is 2. The lowest BCUT2D eigenvalue weighted by atomic mass is 10.1. The molecule has 0 fully saturated rings. The zero-order valence-corrected chi connectivity index (χ0v) is 9.58. The van der Waals surface area contributed by atoms with Gasteiger partial charge in [-0.25, -0.2) is 13.2 Å². The summed E-state index contributed by atoms with van der Waals surface area (Å²) in [5.74, 6) is -3.74. The summed E-state index contributed by atoms with van der Waals surface area (Å²) in [6.07, 6.45) is 0. The molecule has 2 rings (SSSR count). The van der Waals surface area contributed by atoms with E-state index < -0.39 is 23.4 Å². The number of nitrogens with one attached hydrogen (secondary N) is 1. The minimum absolute atomic E-state index is 0.0601. The minimum atomic E-state index is -1.18. The van der Waals surface area contributed by atoms with Crippen LogP contribution >= 0.6 is 0 Å². The van der Waals surface area contributed by atoms with E-state index in [1.807, 2.05) is 0 Å². The Bertz CT molecular complexity index is 624. The van der Waals surface area contributed by atoms with Crippen LogP contribution in [0.1, 0.15) is 10.4 Å². The van der Waals surface area contributed by atoms with Crippen molar-refractivity contribution in [2.45, 2.75) is 0 Å². The largest absolute Gasteiger partial charge is 0.399 e. The van der Waals surface area contributed by atoms with Crippen LogP contribution < -0.4 is 11.1 Å². The third kappa shape index (κ3) is 2.85. The molecule has 0 aromatic heterocycles. The molecular formula is C13H9F3N2O. The summed E-state index contributed by atoms with van der Waals surface area (Å²) < 4.78 is 39.4. The number of amides is 1. The van der Waals surface area contributed by atoms with E-state index in [1.54, 1.807) is 0 Å². The number of rotatable bonds is 2. The lowest BCUT2D eigenvalue weighted by molar-refractivity contribution is 0.102. The second-order valence-corrected chi connectivity index (χ2v) is 3.83. The van der Waals surface area contributed by atoms with Gasteiger partial charge in [0, 0.05) is 11.3 Å². The summed E-state index contributed by atoms with van der Waals surface area (Å²) in [6, 6.07) is 6.58. The van der Waals surface area contributed by atoms with E-state index in [1.165, 1.54) is 18.2 Å². The molecule has 19 heavy (non-hydrogen) atoms. The van der Waals surface area contributed by atoms with Gasteiger partial charge in [-0.1, -0.05) is 6.07 Å². The van der Waals surface area contributed by atoms with Crippen LogP contribution in [-0.4, -0.2) is 5.91 Å². The van der Waals surface area contributed by atoms with Gasteiger partial charge in [-0.2, -0.15) is 0 Å². The molecular weight excluding hydrogens is 257 g/mol. The van der Waals surface area contributed by atoms with Gasteiger partial charge < -0.3 is 11.1 Å². The third-order valence-electron chi connectivity index (χ3n) is 2.38. The second kappa shape index (κ2) is 5.01. The molecule has 3 N–H and O–H groups in total. The van der Waals surface area contributed by atoms with Crippen molar-refractivity contribution < 1.29 is 18.0 Å². The molecule has 0 saturated heterocycles. The van der Waals surface area contributed by atoms with Crippen molar-refractivity contribution >= 4 is 17.3 Å². The monoisotopic (exact) mass is 266 g/mol. The molecule has 0 unspecified atom stereocenters. The Labute approximate surface area is 106 Å². The minimum Gasteiger partial charge on any atom is -0.399 e. The zero-order valence-electron chi connectivity index (χ0n) is 9.58. The van der Waals surface area contributed by atoms with Gasteiger partial charge in [0.1, 0.15) is 5.82 Å². The normalized spacial score (nSPS) is 10.3. The van der Waals surface area contributed by atoms with Crippen molar-refractivity contribution in [1.29, 1.82) is 0 Å². The SMILES string of the molecule is Nc1cc(F)cc(C(=O)Nc2cccc(F)c2F)c1.